The molecule has 0 radical (unpaired) electrons. The molecule has 0 amide bonds. The second-order valence-corrected chi connectivity index (χ2v) is 5.68. The summed E-state index contributed by atoms with van der Waals surface area (Å²) in [6.45, 7) is 6.60. The van der Waals surface area contributed by atoms with Crippen molar-refractivity contribution in [3.63, 3.8) is 0 Å². The van der Waals surface area contributed by atoms with Crippen molar-refractivity contribution in [3.8, 4) is 0 Å². The van der Waals surface area contributed by atoms with Crippen molar-refractivity contribution >= 4 is 11.7 Å². The molecule has 0 saturated carbocycles. The molecule has 2 rings (SSSR count). The SMILES string of the molecule is Cc1cc(C(F)(F)F)ccc1N(CC1COC(N)=N1)C(C)C. The molecule has 1 unspecified atom stereocenters. The van der Waals surface area contributed by atoms with Gasteiger partial charge in [-0.3, -0.25) is 0 Å². The Kier molecular flexibility index (Phi) is 4.53. The predicted octanol–water partition coefficient (Wildman–Crippen LogP) is 2.94. The number of hydrogen-bond donors (Lipinski definition) is 1. The topological polar surface area (TPSA) is 50.9 Å². The van der Waals surface area contributed by atoms with E-state index >= 15 is 0 Å². The standard InChI is InChI=1S/C15H20F3N3O/c1-9(2)21(7-12-8-22-14(19)20-12)13-5-4-11(6-10(13)3)15(16,17)18/h4-6,9,12H,7-8H2,1-3H3,(H2,19,20). The molecule has 0 aliphatic carbocycles. The molecule has 7 heteroatoms. The molecule has 0 saturated heterocycles. The Labute approximate surface area is 127 Å². The predicted molar refractivity (Wildman–Crippen MR) is 80.0 cm³/mol. The number of benzene rings is 1. The first-order chi connectivity index (χ1) is 10.2. The molecule has 1 aliphatic heterocycles. The quantitative estimate of drug-likeness (QED) is 0.929. The van der Waals surface area contributed by atoms with Crippen LogP contribution in [0.15, 0.2) is 23.2 Å². The second kappa shape index (κ2) is 6.06. The Balaban J connectivity index is 2.25. The number of aryl methyl sites for hydroxylation is 1. The third-order valence-electron chi connectivity index (χ3n) is 3.60. The zero-order valence-electron chi connectivity index (χ0n) is 12.8. The van der Waals surface area contributed by atoms with E-state index in [1.54, 1.807) is 6.92 Å². The molecule has 1 aromatic rings. The maximum Gasteiger partial charge on any atom is 0.416 e. The number of rotatable bonds is 4. The number of anilines is 1. The number of amidine groups is 1. The summed E-state index contributed by atoms with van der Waals surface area (Å²) in [6, 6.07) is 3.98. The van der Waals surface area contributed by atoms with Gasteiger partial charge in [-0.1, -0.05) is 0 Å². The summed E-state index contributed by atoms with van der Waals surface area (Å²) in [5, 5.41) is 0. The molecule has 2 N–H and O–H groups in total. The molecular formula is C15H20F3N3O. The lowest BCUT2D eigenvalue weighted by molar-refractivity contribution is -0.137. The average Bonchev–Trinajstić information content (AvgIpc) is 2.80. The third-order valence-corrected chi connectivity index (χ3v) is 3.60. The van der Waals surface area contributed by atoms with Crippen LogP contribution in [0.3, 0.4) is 0 Å². The minimum absolute atomic E-state index is 0.107. The van der Waals surface area contributed by atoms with Crippen molar-refractivity contribution in [1.82, 2.24) is 0 Å². The first-order valence-electron chi connectivity index (χ1n) is 7.09. The number of aliphatic imine (C=N–C) groups is 1. The number of halogens is 3. The molecule has 0 aromatic heterocycles. The van der Waals surface area contributed by atoms with Crippen LogP contribution in [0, 0.1) is 6.92 Å². The summed E-state index contributed by atoms with van der Waals surface area (Å²) < 4.78 is 43.4. The van der Waals surface area contributed by atoms with E-state index in [1.807, 2.05) is 18.7 Å². The average molecular weight is 315 g/mol. The smallest absolute Gasteiger partial charge is 0.416 e. The Morgan fingerprint density at radius 3 is 2.55 bits per heavy atom. The van der Waals surface area contributed by atoms with Gasteiger partial charge in [0.15, 0.2) is 0 Å². The van der Waals surface area contributed by atoms with Crippen LogP contribution in [0.5, 0.6) is 0 Å². The van der Waals surface area contributed by atoms with Gasteiger partial charge in [0.25, 0.3) is 6.02 Å². The van der Waals surface area contributed by atoms with E-state index < -0.39 is 11.7 Å². The first kappa shape index (κ1) is 16.5. The largest absolute Gasteiger partial charge is 0.463 e. The van der Waals surface area contributed by atoms with Crippen LogP contribution in [0.25, 0.3) is 0 Å². The van der Waals surface area contributed by atoms with Gasteiger partial charge >= 0.3 is 6.18 Å². The number of nitrogens with zero attached hydrogens (tertiary/aromatic N) is 2. The number of nitrogens with two attached hydrogens (primary N) is 1. The minimum atomic E-state index is -4.33. The van der Waals surface area contributed by atoms with Crippen LogP contribution in [-0.4, -0.2) is 31.3 Å². The molecule has 122 valence electrons. The van der Waals surface area contributed by atoms with Gasteiger partial charge < -0.3 is 15.4 Å². The Bertz CT molecular complexity index is 570. The van der Waals surface area contributed by atoms with E-state index in [2.05, 4.69) is 4.99 Å². The van der Waals surface area contributed by atoms with Crippen LogP contribution < -0.4 is 10.6 Å². The van der Waals surface area contributed by atoms with Crippen LogP contribution in [0.1, 0.15) is 25.0 Å². The van der Waals surface area contributed by atoms with Crippen molar-refractivity contribution in [2.45, 2.75) is 39.0 Å². The van der Waals surface area contributed by atoms with Gasteiger partial charge in [0.05, 0.1) is 5.56 Å². The molecule has 1 aliphatic rings. The minimum Gasteiger partial charge on any atom is -0.463 e. The summed E-state index contributed by atoms with van der Waals surface area (Å²) in [4.78, 5) is 6.19. The molecular weight excluding hydrogens is 295 g/mol. The maximum atomic E-state index is 12.8. The summed E-state index contributed by atoms with van der Waals surface area (Å²) >= 11 is 0. The zero-order chi connectivity index (χ0) is 16.5. The van der Waals surface area contributed by atoms with Crippen LogP contribution in [0.2, 0.25) is 0 Å². The van der Waals surface area contributed by atoms with Gasteiger partial charge in [0, 0.05) is 18.3 Å². The third kappa shape index (κ3) is 3.64. The number of alkyl halides is 3. The maximum absolute atomic E-state index is 12.8. The molecule has 1 atom stereocenters. The van der Waals surface area contributed by atoms with Crippen molar-refractivity contribution in [2.75, 3.05) is 18.1 Å². The van der Waals surface area contributed by atoms with Crippen molar-refractivity contribution < 1.29 is 17.9 Å². The molecule has 1 aromatic carbocycles. The summed E-state index contributed by atoms with van der Waals surface area (Å²) in [6.07, 6.45) is -4.33. The normalized spacial score (nSPS) is 18.3. The van der Waals surface area contributed by atoms with Crippen LogP contribution in [-0.2, 0) is 10.9 Å². The monoisotopic (exact) mass is 315 g/mol. The van der Waals surface area contributed by atoms with E-state index in [4.69, 9.17) is 10.5 Å². The summed E-state index contributed by atoms with van der Waals surface area (Å²) in [5.41, 5.74) is 6.21. The van der Waals surface area contributed by atoms with Crippen molar-refractivity contribution in [2.24, 2.45) is 10.7 Å². The first-order valence-corrected chi connectivity index (χ1v) is 7.09. The fourth-order valence-electron chi connectivity index (χ4n) is 2.50. The van der Waals surface area contributed by atoms with Crippen molar-refractivity contribution in [1.29, 1.82) is 0 Å². The van der Waals surface area contributed by atoms with Gasteiger partial charge in [0.1, 0.15) is 12.6 Å². The molecule has 0 bridgehead atoms. The highest BCUT2D eigenvalue weighted by Gasteiger charge is 2.31. The van der Waals surface area contributed by atoms with E-state index in [0.717, 1.165) is 11.8 Å². The van der Waals surface area contributed by atoms with Crippen molar-refractivity contribution in [3.05, 3.63) is 29.3 Å². The Morgan fingerprint density at radius 2 is 2.09 bits per heavy atom. The van der Waals surface area contributed by atoms with Gasteiger partial charge in [-0.2, -0.15) is 13.2 Å². The molecule has 0 spiro atoms. The molecule has 1 heterocycles. The second-order valence-electron chi connectivity index (χ2n) is 5.68. The van der Waals surface area contributed by atoms with Crippen LogP contribution >= 0.6 is 0 Å². The molecule has 4 nitrogen and oxygen atoms in total. The fraction of sp³-hybridized carbons (Fsp3) is 0.533. The summed E-state index contributed by atoms with van der Waals surface area (Å²) in [5.74, 6) is 0. The Morgan fingerprint density at radius 1 is 1.41 bits per heavy atom. The van der Waals surface area contributed by atoms with Gasteiger partial charge in [-0.05, 0) is 44.5 Å². The number of hydrogen-bond acceptors (Lipinski definition) is 4. The van der Waals surface area contributed by atoms with E-state index in [1.165, 1.54) is 12.1 Å². The zero-order valence-corrected chi connectivity index (χ0v) is 12.8. The fourth-order valence-corrected chi connectivity index (χ4v) is 2.50. The molecule has 0 fully saturated rings. The Hall–Kier alpha value is -1.92. The highest BCUT2D eigenvalue weighted by Crippen LogP contribution is 2.33. The lowest BCUT2D eigenvalue weighted by Crippen LogP contribution is -2.38. The highest BCUT2D eigenvalue weighted by atomic mass is 19.4. The molecule has 22 heavy (non-hydrogen) atoms. The van der Waals surface area contributed by atoms with E-state index in [-0.39, 0.29) is 18.1 Å². The van der Waals surface area contributed by atoms with Gasteiger partial charge in [-0.15, -0.1) is 0 Å². The number of ether oxygens (including phenoxy) is 1. The van der Waals surface area contributed by atoms with Gasteiger partial charge in [0.2, 0.25) is 0 Å². The highest BCUT2D eigenvalue weighted by molar-refractivity contribution is 5.73. The van der Waals surface area contributed by atoms with Crippen LogP contribution in [0.4, 0.5) is 18.9 Å². The summed E-state index contributed by atoms with van der Waals surface area (Å²) in [7, 11) is 0. The van der Waals surface area contributed by atoms with Gasteiger partial charge in [-0.25, -0.2) is 4.99 Å². The van der Waals surface area contributed by atoms with E-state index in [9.17, 15) is 13.2 Å². The lowest BCUT2D eigenvalue weighted by Gasteiger charge is -2.32. The van der Waals surface area contributed by atoms with E-state index in [0.29, 0.717) is 18.7 Å². The lowest BCUT2D eigenvalue weighted by atomic mass is 10.1.